The van der Waals surface area contributed by atoms with Gasteiger partial charge in [0.05, 0.1) is 13.7 Å². The van der Waals surface area contributed by atoms with Crippen molar-refractivity contribution in [1.29, 1.82) is 0 Å². The lowest BCUT2D eigenvalue weighted by atomic mass is 10.1. The fourth-order valence-corrected chi connectivity index (χ4v) is 3.07. The molecule has 0 heterocycles. The highest BCUT2D eigenvalue weighted by molar-refractivity contribution is 7.85. The molecule has 5 heteroatoms. The van der Waals surface area contributed by atoms with E-state index < -0.39 is 10.8 Å². The van der Waals surface area contributed by atoms with Gasteiger partial charge in [-0.15, -0.1) is 0 Å². The zero-order valence-corrected chi connectivity index (χ0v) is 13.4. The smallest absolute Gasteiger partial charge is 0.118 e. The summed E-state index contributed by atoms with van der Waals surface area (Å²) >= 11 is 0. The molecule has 0 spiro atoms. The van der Waals surface area contributed by atoms with E-state index in [0.29, 0.717) is 18.1 Å². The van der Waals surface area contributed by atoms with Crippen molar-refractivity contribution in [3.63, 3.8) is 0 Å². The Hall–Kier alpha value is -0.910. The number of benzene rings is 1. The molecule has 0 amide bonds. The highest BCUT2D eigenvalue weighted by Crippen LogP contribution is 2.18. The summed E-state index contributed by atoms with van der Waals surface area (Å²) < 4.78 is 22.2. The molecule has 2 unspecified atom stereocenters. The lowest BCUT2D eigenvalue weighted by molar-refractivity contribution is 0.218. The summed E-state index contributed by atoms with van der Waals surface area (Å²) in [6, 6.07) is 8.04. The number of ether oxygens (including phenoxy) is 2. The highest BCUT2D eigenvalue weighted by Gasteiger charge is 2.14. The van der Waals surface area contributed by atoms with Crippen molar-refractivity contribution < 1.29 is 13.7 Å². The van der Waals surface area contributed by atoms with Crippen LogP contribution in [-0.4, -0.2) is 43.1 Å². The van der Waals surface area contributed by atoms with Crippen LogP contribution in [0.3, 0.4) is 0 Å². The predicted octanol–water partition coefficient (Wildman–Crippen LogP) is 2.13. The van der Waals surface area contributed by atoms with E-state index in [0.717, 1.165) is 24.3 Å². The maximum Gasteiger partial charge on any atom is 0.118 e. The minimum Gasteiger partial charge on any atom is -0.497 e. The Balaban J connectivity index is 2.68. The standard InChI is InChI=1S/C15H25NO3S/c1-4-9-16-15(12-20(17)11-10-18-2)13-5-7-14(19-3)8-6-13/h5-8,15-16H,4,9-12H2,1-3H3. The topological polar surface area (TPSA) is 47.6 Å². The second-order valence-corrected chi connectivity index (χ2v) is 6.20. The Labute approximate surface area is 124 Å². The molecule has 0 bridgehead atoms. The summed E-state index contributed by atoms with van der Waals surface area (Å²) in [5, 5.41) is 3.46. The van der Waals surface area contributed by atoms with Gasteiger partial charge in [0.1, 0.15) is 5.75 Å². The minimum atomic E-state index is -0.880. The Morgan fingerprint density at radius 2 is 1.95 bits per heavy atom. The van der Waals surface area contributed by atoms with Crippen LogP contribution in [-0.2, 0) is 15.5 Å². The molecule has 4 nitrogen and oxygen atoms in total. The summed E-state index contributed by atoms with van der Waals surface area (Å²) in [5.41, 5.74) is 1.14. The van der Waals surface area contributed by atoms with E-state index in [9.17, 15) is 4.21 Å². The van der Waals surface area contributed by atoms with Crippen LogP contribution in [0.5, 0.6) is 5.75 Å². The second-order valence-electron chi connectivity index (χ2n) is 4.58. The largest absolute Gasteiger partial charge is 0.497 e. The van der Waals surface area contributed by atoms with E-state index in [-0.39, 0.29) is 6.04 Å². The number of methoxy groups -OCH3 is 2. The quantitative estimate of drug-likeness (QED) is 0.719. The summed E-state index contributed by atoms with van der Waals surface area (Å²) in [4.78, 5) is 0. The van der Waals surface area contributed by atoms with Crippen LogP contribution >= 0.6 is 0 Å². The van der Waals surface area contributed by atoms with Gasteiger partial charge in [-0.1, -0.05) is 19.1 Å². The number of hydrogen-bond acceptors (Lipinski definition) is 4. The van der Waals surface area contributed by atoms with E-state index in [2.05, 4.69) is 12.2 Å². The van der Waals surface area contributed by atoms with Crippen LogP contribution in [0.15, 0.2) is 24.3 Å². The van der Waals surface area contributed by atoms with Gasteiger partial charge in [0, 0.05) is 35.5 Å². The third-order valence-corrected chi connectivity index (χ3v) is 4.35. The molecule has 0 fully saturated rings. The summed E-state index contributed by atoms with van der Waals surface area (Å²) in [7, 11) is 2.41. The van der Waals surface area contributed by atoms with Gasteiger partial charge in [-0.2, -0.15) is 0 Å². The first-order chi connectivity index (χ1) is 9.71. The van der Waals surface area contributed by atoms with E-state index in [1.54, 1.807) is 14.2 Å². The van der Waals surface area contributed by atoms with E-state index in [1.807, 2.05) is 24.3 Å². The first kappa shape index (κ1) is 17.1. The summed E-state index contributed by atoms with van der Waals surface area (Å²) in [6.07, 6.45) is 1.05. The average Bonchev–Trinajstić information content (AvgIpc) is 2.49. The van der Waals surface area contributed by atoms with E-state index in [1.165, 1.54) is 0 Å². The van der Waals surface area contributed by atoms with Crippen molar-refractivity contribution in [3.8, 4) is 5.75 Å². The van der Waals surface area contributed by atoms with Gasteiger partial charge in [0.2, 0.25) is 0 Å². The molecule has 2 atom stereocenters. The molecule has 1 N–H and O–H groups in total. The third kappa shape index (κ3) is 6.03. The molecule has 1 aromatic rings. The number of nitrogens with one attached hydrogen (secondary N) is 1. The Bertz CT molecular complexity index is 395. The van der Waals surface area contributed by atoms with Gasteiger partial charge in [0.15, 0.2) is 0 Å². The van der Waals surface area contributed by atoms with Gasteiger partial charge in [0.25, 0.3) is 0 Å². The molecule has 114 valence electrons. The molecule has 0 saturated carbocycles. The molecular weight excluding hydrogens is 274 g/mol. The fourth-order valence-electron chi connectivity index (χ4n) is 1.87. The lowest BCUT2D eigenvalue weighted by Gasteiger charge is -2.19. The van der Waals surface area contributed by atoms with Crippen molar-refractivity contribution in [2.24, 2.45) is 0 Å². The Morgan fingerprint density at radius 1 is 1.25 bits per heavy atom. The van der Waals surface area contributed by atoms with Gasteiger partial charge in [-0.25, -0.2) is 0 Å². The summed E-state index contributed by atoms with van der Waals surface area (Å²) in [6.45, 7) is 3.58. The zero-order chi connectivity index (χ0) is 14.8. The molecule has 0 saturated heterocycles. The second kappa shape index (κ2) is 9.91. The van der Waals surface area contributed by atoms with Crippen LogP contribution in [0.25, 0.3) is 0 Å². The maximum absolute atomic E-state index is 12.0. The van der Waals surface area contributed by atoms with Crippen LogP contribution in [0.1, 0.15) is 24.9 Å². The Kier molecular flexibility index (Phi) is 8.49. The number of rotatable bonds is 10. The minimum absolute atomic E-state index is 0.110. The molecule has 0 aromatic heterocycles. The first-order valence-corrected chi connectivity index (χ1v) is 8.41. The van der Waals surface area contributed by atoms with Crippen LogP contribution in [0.2, 0.25) is 0 Å². The van der Waals surface area contributed by atoms with Crippen molar-refractivity contribution >= 4 is 10.8 Å². The van der Waals surface area contributed by atoms with Gasteiger partial charge < -0.3 is 14.8 Å². The molecule has 1 rings (SSSR count). The molecule has 0 radical (unpaired) electrons. The summed E-state index contributed by atoms with van der Waals surface area (Å²) in [5.74, 6) is 2.02. The van der Waals surface area contributed by atoms with Crippen molar-refractivity contribution in [3.05, 3.63) is 29.8 Å². The number of hydrogen-bond donors (Lipinski definition) is 1. The van der Waals surface area contributed by atoms with Gasteiger partial charge in [-0.3, -0.25) is 4.21 Å². The fraction of sp³-hybridized carbons (Fsp3) is 0.600. The first-order valence-electron chi connectivity index (χ1n) is 6.92. The van der Waals surface area contributed by atoms with Crippen molar-refractivity contribution in [1.82, 2.24) is 5.32 Å². The van der Waals surface area contributed by atoms with Crippen LogP contribution in [0.4, 0.5) is 0 Å². The molecular formula is C15H25NO3S. The predicted molar refractivity (Wildman–Crippen MR) is 83.8 cm³/mol. The molecule has 0 aliphatic carbocycles. The Morgan fingerprint density at radius 3 is 2.50 bits per heavy atom. The van der Waals surface area contributed by atoms with Gasteiger partial charge >= 0.3 is 0 Å². The molecule has 20 heavy (non-hydrogen) atoms. The highest BCUT2D eigenvalue weighted by atomic mass is 32.2. The maximum atomic E-state index is 12.0. The molecule has 1 aromatic carbocycles. The van der Waals surface area contributed by atoms with Crippen LogP contribution < -0.4 is 10.1 Å². The third-order valence-electron chi connectivity index (χ3n) is 3.03. The SMILES string of the molecule is CCCNC(CS(=O)CCOC)c1ccc(OC)cc1. The normalized spacial score (nSPS) is 13.9. The average molecular weight is 299 g/mol. The van der Waals surface area contributed by atoms with Crippen LogP contribution in [0, 0.1) is 0 Å². The lowest BCUT2D eigenvalue weighted by Crippen LogP contribution is -2.28. The van der Waals surface area contributed by atoms with Crippen molar-refractivity contribution in [2.45, 2.75) is 19.4 Å². The molecule has 0 aliphatic rings. The van der Waals surface area contributed by atoms with Gasteiger partial charge in [-0.05, 0) is 30.7 Å². The van der Waals surface area contributed by atoms with E-state index >= 15 is 0 Å². The zero-order valence-electron chi connectivity index (χ0n) is 12.6. The monoisotopic (exact) mass is 299 g/mol. The van der Waals surface area contributed by atoms with E-state index in [4.69, 9.17) is 9.47 Å². The molecule has 0 aliphatic heterocycles. The van der Waals surface area contributed by atoms with Crippen molar-refractivity contribution in [2.75, 3.05) is 38.9 Å².